The Balaban J connectivity index is 1.59. The van der Waals surface area contributed by atoms with Crippen LogP contribution in [0.25, 0.3) is 0 Å². The predicted molar refractivity (Wildman–Crippen MR) is 86.2 cm³/mol. The van der Waals surface area contributed by atoms with E-state index in [2.05, 4.69) is 5.10 Å². The molecule has 3 amide bonds. The molecule has 0 aliphatic carbocycles. The summed E-state index contributed by atoms with van der Waals surface area (Å²) in [5.41, 5.74) is 0.421. The van der Waals surface area contributed by atoms with E-state index in [9.17, 15) is 14.4 Å². The highest BCUT2D eigenvalue weighted by atomic mass is 32.1. The fraction of sp³-hybridized carbons (Fsp3) is 0.467. The standard InChI is InChI=1S/C15H18N4O3S/c1-17-13(20)5-4-11(16-17)14(21)18-6-8-19(9-7-18)15(22)12-3-2-10-23-12/h2-3,10H,4-9H2,1H3. The van der Waals surface area contributed by atoms with Crippen molar-refractivity contribution in [3.63, 3.8) is 0 Å². The van der Waals surface area contributed by atoms with Crippen LogP contribution in [0, 0.1) is 0 Å². The third-order valence-electron chi connectivity index (χ3n) is 4.04. The third-order valence-corrected chi connectivity index (χ3v) is 4.90. The molecule has 23 heavy (non-hydrogen) atoms. The first-order valence-corrected chi connectivity index (χ1v) is 8.40. The topological polar surface area (TPSA) is 73.3 Å². The lowest BCUT2D eigenvalue weighted by atomic mass is 10.1. The minimum Gasteiger partial charge on any atom is -0.334 e. The van der Waals surface area contributed by atoms with Gasteiger partial charge in [-0.2, -0.15) is 5.10 Å². The lowest BCUT2D eigenvalue weighted by molar-refractivity contribution is -0.131. The number of rotatable bonds is 2. The van der Waals surface area contributed by atoms with Crippen molar-refractivity contribution in [2.75, 3.05) is 33.2 Å². The maximum absolute atomic E-state index is 12.5. The van der Waals surface area contributed by atoms with Crippen LogP contribution in [0.15, 0.2) is 22.6 Å². The Labute approximate surface area is 138 Å². The molecule has 0 radical (unpaired) electrons. The molecule has 1 aromatic heterocycles. The van der Waals surface area contributed by atoms with Crippen LogP contribution in [0.3, 0.4) is 0 Å². The zero-order valence-electron chi connectivity index (χ0n) is 12.9. The van der Waals surface area contributed by atoms with Gasteiger partial charge in [0.25, 0.3) is 11.8 Å². The number of hydrogen-bond acceptors (Lipinski definition) is 5. The molecule has 0 spiro atoms. The van der Waals surface area contributed by atoms with Gasteiger partial charge in [0.2, 0.25) is 5.91 Å². The number of carbonyl (C=O) groups excluding carboxylic acids is 3. The summed E-state index contributed by atoms with van der Waals surface area (Å²) in [5, 5.41) is 7.17. The average Bonchev–Trinajstić information content (AvgIpc) is 3.11. The van der Waals surface area contributed by atoms with Gasteiger partial charge in [0.15, 0.2) is 0 Å². The molecule has 2 aliphatic heterocycles. The highest BCUT2D eigenvalue weighted by Crippen LogP contribution is 2.15. The second kappa shape index (κ2) is 6.49. The number of amides is 3. The Morgan fingerprint density at radius 3 is 2.30 bits per heavy atom. The summed E-state index contributed by atoms with van der Waals surface area (Å²) < 4.78 is 0. The number of hydrogen-bond donors (Lipinski definition) is 0. The zero-order valence-corrected chi connectivity index (χ0v) is 13.7. The van der Waals surface area contributed by atoms with Crippen LogP contribution in [0.2, 0.25) is 0 Å². The summed E-state index contributed by atoms with van der Waals surface area (Å²) in [6.45, 7) is 2.02. The molecule has 0 N–H and O–H groups in total. The average molecular weight is 334 g/mol. The Hall–Kier alpha value is -2.22. The first kappa shape index (κ1) is 15.7. The SMILES string of the molecule is CN1N=C(C(=O)N2CCN(C(=O)c3cccs3)CC2)CCC1=O. The van der Waals surface area contributed by atoms with Gasteiger partial charge in [-0.05, 0) is 11.4 Å². The molecule has 2 aliphatic rings. The molecule has 0 atom stereocenters. The van der Waals surface area contributed by atoms with Crippen LogP contribution in [-0.4, -0.2) is 71.5 Å². The Morgan fingerprint density at radius 2 is 1.74 bits per heavy atom. The third kappa shape index (κ3) is 3.26. The van der Waals surface area contributed by atoms with Gasteiger partial charge in [-0.1, -0.05) is 6.07 Å². The van der Waals surface area contributed by atoms with E-state index in [-0.39, 0.29) is 17.7 Å². The van der Waals surface area contributed by atoms with Crippen LogP contribution in [-0.2, 0) is 9.59 Å². The molecule has 0 unspecified atom stereocenters. The van der Waals surface area contributed by atoms with E-state index < -0.39 is 0 Å². The summed E-state index contributed by atoms with van der Waals surface area (Å²) in [4.78, 5) is 40.4. The van der Waals surface area contributed by atoms with Crippen molar-refractivity contribution in [1.29, 1.82) is 0 Å². The van der Waals surface area contributed by atoms with Gasteiger partial charge in [-0.15, -0.1) is 11.3 Å². The molecule has 0 bridgehead atoms. The van der Waals surface area contributed by atoms with Crippen molar-refractivity contribution in [2.24, 2.45) is 5.10 Å². The number of nitrogens with zero attached hydrogens (tertiary/aromatic N) is 4. The second-order valence-electron chi connectivity index (χ2n) is 5.53. The smallest absolute Gasteiger partial charge is 0.270 e. The molecule has 3 heterocycles. The molecular weight excluding hydrogens is 316 g/mol. The summed E-state index contributed by atoms with van der Waals surface area (Å²) in [7, 11) is 1.56. The van der Waals surface area contributed by atoms with Crippen LogP contribution in [0.4, 0.5) is 0 Å². The quantitative estimate of drug-likeness (QED) is 0.797. The van der Waals surface area contributed by atoms with E-state index in [4.69, 9.17) is 0 Å². The van der Waals surface area contributed by atoms with Gasteiger partial charge in [-0.3, -0.25) is 14.4 Å². The first-order chi connectivity index (χ1) is 11.1. The van der Waals surface area contributed by atoms with E-state index in [1.54, 1.807) is 16.8 Å². The van der Waals surface area contributed by atoms with Crippen LogP contribution >= 0.6 is 11.3 Å². The highest BCUT2D eigenvalue weighted by Gasteiger charge is 2.29. The molecule has 8 heteroatoms. The lowest BCUT2D eigenvalue weighted by Crippen LogP contribution is -2.52. The molecule has 1 fully saturated rings. The Kier molecular flexibility index (Phi) is 4.42. The summed E-state index contributed by atoms with van der Waals surface area (Å²) >= 11 is 1.43. The molecule has 0 aromatic carbocycles. The van der Waals surface area contributed by atoms with E-state index >= 15 is 0 Å². The van der Waals surface area contributed by atoms with E-state index in [0.29, 0.717) is 44.7 Å². The van der Waals surface area contributed by atoms with Crippen molar-refractivity contribution < 1.29 is 14.4 Å². The number of hydrazone groups is 1. The molecule has 122 valence electrons. The molecule has 1 aromatic rings. The monoisotopic (exact) mass is 334 g/mol. The second-order valence-corrected chi connectivity index (χ2v) is 6.47. The van der Waals surface area contributed by atoms with E-state index in [1.165, 1.54) is 16.3 Å². The summed E-state index contributed by atoms with van der Waals surface area (Å²) in [6, 6.07) is 3.67. The van der Waals surface area contributed by atoms with Crippen molar-refractivity contribution in [2.45, 2.75) is 12.8 Å². The van der Waals surface area contributed by atoms with Gasteiger partial charge in [-0.25, -0.2) is 5.01 Å². The Morgan fingerprint density at radius 1 is 1.09 bits per heavy atom. The maximum atomic E-state index is 12.5. The molecule has 7 nitrogen and oxygen atoms in total. The van der Waals surface area contributed by atoms with E-state index in [1.807, 2.05) is 17.5 Å². The number of carbonyl (C=O) groups is 3. The minimum absolute atomic E-state index is 0.0208. The Bertz CT molecular complexity index is 648. The van der Waals surface area contributed by atoms with Crippen LogP contribution in [0.1, 0.15) is 22.5 Å². The molecule has 3 rings (SSSR count). The summed E-state index contributed by atoms with van der Waals surface area (Å²) in [6.07, 6.45) is 0.703. The largest absolute Gasteiger partial charge is 0.334 e. The van der Waals surface area contributed by atoms with Crippen molar-refractivity contribution in [1.82, 2.24) is 14.8 Å². The number of piperazine rings is 1. The van der Waals surface area contributed by atoms with Gasteiger partial charge in [0.1, 0.15) is 5.71 Å². The summed E-state index contributed by atoms with van der Waals surface area (Å²) in [5.74, 6) is -0.187. The van der Waals surface area contributed by atoms with Crippen molar-refractivity contribution >= 4 is 34.8 Å². The maximum Gasteiger partial charge on any atom is 0.270 e. The zero-order chi connectivity index (χ0) is 16.4. The molecule has 0 saturated carbocycles. The van der Waals surface area contributed by atoms with Crippen molar-refractivity contribution in [3.05, 3.63) is 22.4 Å². The van der Waals surface area contributed by atoms with Gasteiger partial charge in [0.05, 0.1) is 4.88 Å². The van der Waals surface area contributed by atoms with Crippen LogP contribution in [0.5, 0.6) is 0 Å². The van der Waals surface area contributed by atoms with Gasteiger partial charge >= 0.3 is 0 Å². The number of thiophene rings is 1. The van der Waals surface area contributed by atoms with Gasteiger partial charge in [0, 0.05) is 46.1 Å². The lowest BCUT2D eigenvalue weighted by Gasteiger charge is -2.35. The first-order valence-electron chi connectivity index (χ1n) is 7.52. The van der Waals surface area contributed by atoms with Crippen molar-refractivity contribution in [3.8, 4) is 0 Å². The fourth-order valence-electron chi connectivity index (χ4n) is 2.67. The molecular formula is C15H18N4O3S. The minimum atomic E-state index is -0.132. The van der Waals surface area contributed by atoms with E-state index in [0.717, 1.165) is 4.88 Å². The predicted octanol–water partition coefficient (Wildman–Crippen LogP) is 0.641. The molecule has 1 saturated heterocycles. The van der Waals surface area contributed by atoms with Crippen LogP contribution < -0.4 is 0 Å². The fourth-order valence-corrected chi connectivity index (χ4v) is 3.37. The van der Waals surface area contributed by atoms with Gasteiger partial charge < -0.3 is 9.80 Å². The highest BCUT2D eigenvalue weighted by molar-refractivity contribution is 7.12. The normalized spacial score (nSPS) is 18.9.